The van der Waals surface area contributed by atoms with Crippen LogP contribution in [0.1, 0.15) is 5.69 Å². The second-order valence-electron chi connectivity index (χ2n) is 3.42. The van der Waals surface area contributed by atoms with Gasteiger partial charge in [0.2, 0.25) is 0 Å². The first-order chi connectivity index (χ1) is 8.27. The molecule has 6 heteroatoms. The van der Waals surface area contributed by atoms with Gasteiger partial charge in [0, 0.05) is 31.4 Å². The first-order valence-corrected chi connectivity index (χ1v) is 6.33. The van der Waals surface area contributed by atoms with Gasteiger partial charge in [-0.2, -0.15) is 0 Å². The molecule has 1 rings (SSSR count). The molecule has 2 N–H and O–H groups in total. The van der Waals surface area contributed by atoms with Crippen LogP contribution in [0.2, 0.25) is 0 Å². The Labute approximate surface area is 105 Å². The minimum atomic E-state index is -0.186. The fourth-order valence-electron chi connectivity index (χ4n) is 1.32. The number of nitrogens with one attached hydrogen (secondary N) is 1. The smallest absolute Gasteiger partial charge is 0.317 e. The van der Waals surface area contributed by atoms with Gasteiger partial charge in [-0.25, -0.2) is 9.78 Å². The van der Waals surface area contributed by atoms with Gasteiger partial charge in [0.15, 0.2) is 0 Å². The van der Waals surface area contributed by atoms with Gasteiger partial charge < -0.3 is 15.3 Å². The van der Waals surface area contributed by atoms with E-state index in [9.17, 15) is 4.79 Å². The van der Waals surface area contributed by atoms with Crippen LogP contribution in [0.3, 0.4) is 0 Å². The maximum Gasteiger partial charge on any atom is 0.317 e. The van der Waals surface area contributed by atoms with Gasteiger partial charge in [-0.1, -0.05) is 6.08 Å². The summed E-state index contributed by atoms with van der Waals surface area (Å²) in [6, 6.07) is -0.186. The zero-order valence-electron chi connectivity index (χ0n) is 9.63. The van der Waals surface area contributed by atoms with E-state index in [1.165, 1.54) is 4.90 Å². The molecule has 0 bridgehead atoms. The fourth-order valence-corrected chi connectivity index (χ4v) is 1.92. The van der Waals surface area contributed by atoms with E-state index in [0.29, 0.717) is 19.6 Å². The molecule has 1 aromatic heterocycles. The van der Waals surface area contributed by atoms with E-state index in [0.717, 1.165) is 12.1 Å². The SMILES string of the molecule is C=CCN(CCO)C(=O)NCCc1cscn1. The average molecular weight is 255 g/mol. The number of nitrogens with zero attached hydrogens (tertiary/aromatic N) is 2. The van der Waals surface area contributed by atoms with Crippen molar-refractivity contribution in [3.8, 4) is 0 Å². The molecule has 0 unspecified atom stereocenters. The number of aliphatic hydroxyl groups excluding tert-OH is 1. The summed E-state index contributed by atoms with van der Waals surface area (Å²) in [5.41, 5.74) is 2.75. The highest BCUT2D eigenvalue weighted by atomic mass is 32.1. The zero-order valence-corrected chi connectivity index (χ0v) is 10.4. The molecule has 1 heterocycles. The summed E-state index contributed by atoms with van der Waals surface area (Å²) in [7, 11) is 0. The molecule has 1 aromatic rings. The second-order valence-corrected chi connectivity index (χ2v) is 4.14. The molecule has 0 aliphatic heterocycles. The van der Waals surface area contributed by atoms with Crippen molar-refractivity contribution in [1.82, 2.24) is 15.2 Å². The van der Waals surface area contributed by atoms with Crippen LogP contribution in [0.4, 0.5) is 4.79 Å². The van der Waals surface area contributed by atoms with Crippen LogP contribution in [0.15, 0.2) is 23.5 Å². The molecule has 0 spiro atoms. The summed E-state index contributed by atoms with van der Waals surface area (Å²) < 4.78 is 0. The normalized spacial score (nSPS) is 9.94. The highest BCUT2D eigenvalue weighted by molar-refractivity contribution is 7.07. The Hall–Kier alpha value is -1.40. The van der Waals surface area contributed by atoms with E-state index in [1.54, 1.807) is 22.9 Å². The number of rotatable bonds is 7. The third-order valence-electron chi connectivity index (χ3n) is 2.15. The van der Waals surface area contributed by atoms with Gasteiger partial charge in [-0.3, -0.25) is 0 Å². The third kappa shape index (κ3) is 4.97. The number of hydrogen-bond acceptors (Lipinski definition) is 4. The second kappa shape index (κ2) is 7.81. The number of thiazole rings is 1. The molecular formula is C11H17N3O2S. The molecule has 5 nitrogen and oxygen atoms in total. The average Bonchev–Trinajstić information content (AvgIpc) is 2.81. The Morgan fingerprint density at radius 3 is 3.12 bits per heavy atom. The van der Waals surface area contributed by atoms with E-state index in [2.05, 4.69) is 16.9 Å². The maximum absolute atomic E-state index is 11.7. The zero-order chi connectivity index (χ0) is 12.5. The van der Waals surface area contributed by atoms with Crippen LogP contribution in [-0.4, -0.2) is 47.3 Å². The molecule has 0 fully saturated rings. The maximum atomic E-state index is 11.7. The molecule has 17 heavy (non-hydrogen) atoms. The standard InChI is InChI=1S/C11H17N3O2S/c1-2-5-14(6-7-15)11(16)12-4-3-10-8-17-9-13-10/h2,8-9,15H,1,3-7H2,(H,12,16). The summed E-state index contributed by atoms with van der Waals surface area (Å²) in [4.78, 5) is 17.3. The van der Waals surface area contributed by atoms with Crippen molar-refractivity contribution < 1.29 is 9.90 Å². The first-order valence-electron chi connectivity index (χ1n) is 5.39. The van der Waals surface area contributed by atoms with E-state index in [1.807, 2.05) is 5.38 Å². The number of carbonyl (C=O) groups excluding carboxylic acids is 1. The van der Waals surface area contributed by atoms with Crippen molar-refractivity contribution >= 4 is 17.4 Å². The lowest BCUT2D eigenvalue weighted by Gasteiger charge is -2.20. The van der Waals surface area contributed by atoms with Gasteiger partial charge in [0.05, 0.1) is 17.8 Å². The van der Waals surface area contributed by atoms with E-state index < -0.39 is 0 Å². The number of urea groups is 1. The Bertz CT molecular complexity index is 340. The molecule has 2 amide bonds. The molecular weight excluding hydrogens is 238 g/mol. The van der Waals surface area contributed by atoms with Crippen molar-refractivity contribution in [1.29, 1.82) is 0 Å². The quantitative estimate of drug-likeness (QED) is 0.711. The summed E-state index contributed by atoms with van der Waals surface area (Å²) in [6.45, 7) is 4.82. The van der Waals surface area contributed by atoms with Crippen LogP contribution in [-0.2, 0) is 6.42 Å². The molecule has 0 aromatic carbocycles. The topological polar surface area (TPSA) is 65.5 Å². The van der Waals surface area contributed by atoms with Crippen LogP contribution >= 0.6 is 11.3 Å². The minimum Gasteiger partial charge on any atom is -0.395 e. The Morgan fingerprint density at radius 2 is 2.53 bits per heavy atom. The summed E-state index contributed by atoms with van der Waals surface area (Å²) in [6.07, 6.45) is 2.35. The number of carbonyl (C=O) groups is 1. The Morgan fingerprint density at radius 1 is 1.71 bits per heavy atom. The summed E-state index contributed by atoms with van der Waals surface area (Å²) in [5, 5.41) is 13.6. The van der Waals surface area contributed by atoms with Crippen LogP contribution in [0.5, 0.6) is 0 Å². The van der Waals surface area contributed by atoms with Crippen molar-refractivity contribution in [2.45, 2.75) is 6.42 Å². The van der Waals surface area contributed by atoms with Gasteiger partial charge in [-0.15, -0.1) is 17.9 Å². The number of amides is 2. The first kappa shape index (κ1) is 13.7. The van der Waals surface area contributed by atoms with Gasteiger partial charge in [0.25, 0.3) is 0 Å². The van der Waals surface area contributed by atoms with Crippen LogP contribution in [0.25, 0.3) is 0 Å². The highest BCUT2D eigenvalue weighted by Gasteiger charge is 2.10. The lowest BCUT2D eigenvalue weighted by Crippen LogP contribution is -2.42. The molecule has 0 atom stereocenters. The van der Waals surface area contributed by atoms with Gasteiger partial charge in [-0.05, 0) is 0 Å². The summed E-state index contributed by atoms with van der Waals surface area (Å²) in [5.74, 6) is 0. The molecule has 0 aliphatic carbocycles. The Balaban J connectivity index is 2.28. The van der Waals surface area contributed by atoms with E-state index in [-0.39, 0.29) is 12.6 Å². The third-order valence-corrected chi connectivity index (χ3v) is 2.78. The highest BCUT2D eigenvalue weighted by Crippen LogP contribution is 2.00. The molecule has 0 saturated carbocycles. The van der Waals surface area contributed by atoms with Gasteiger partial charge >= 0.3 is 6.03 Å². The summed E-state index contributed by atoms with van der Waals surface area (Å²) >= 11 is 1.54. The number of aliphatic hydroxyl groups is 1. The van der Waals surface area contributed by atoms with Crippen molar-refractivity contribution in [3.63, 3.8) is 0 Å². The van der Waals surface area contributed by atoms with Crippen LogP contribution < -0.4 is 5.32 Å². The fraction of sp³-hybridized carbons (Fsp3) is 0.455. The van der Waals surface area contributed by atoms with Crippen molar-refractivity contribution in [2.24, 2.45) is 0 Å². The molecule has 94 valence electrons. The van der Waals surface area contributed by atoms with E-state index >= 15 is 0 Å². The van der Waals surface area contributed by atoms with Crippen molar-refractivity contribution in [3.05, 3.63) is 29.2 Å². The lowest BCUT2D eigenvalue weighted by atomic mass is 10.3. The number of hydrogen-bond donors (Lipinski definition) is 2. The predicted molar refractivity (Wildman–Crippen MR) is 68.1 cm³/mol. The number of aromatic nitrogens is 1. The van der Waals surface area contributed by atoms with E-state index in [4.69, 9.17) is 5.11 Å². The molecule has 0 radical (unpaired) electrons. The Kier molecular flexibility index (Phi) is 6.27. The molecule has 0 aliphatic rings. The van der Waals surface area contributed by atoms with Gasteiger partial charge in [0.1, 0.15) is 0 Å². The monoisotopic (exact) mass is 255 g/mol. The van der Waals surface area contributed by atoms with Crippen molar-refractivity contribution in [2.75, 3.05) is 26.2 Å². The van der Waals surface area contributed by atoms with Crippen LogP contribution in [0, 0.1) is 0 Å². The predicted octanol–water partition coefficient (Wildman–Crippen LogP) is 0.875. The molecule has 0 saturated heterocycles. The minimum absolute atomic E-state index is 0.0483. The lowest BCUT2D eigenvalue weighted by molar-refractivity contribution is 0.184. The largest absolute Gasteiger partial charge is 0.395 e.